The van der Waals surface area contributed by atoms with Gasteiger partial charge in [0.25, 0.3) is 0 Å². The Hall–Kier alpha value is -1.20. The van der Waals surface area contributed by atoms with Crippen molar-refractivity contribution in [3.63, 3.8) is 0 Å². The number of hydrogen-bond acceptors (Lipinski definition) is 5. The maximum absolute atomic E-state index is 11.8. The van der Waals surface area contributed by atoms with Gasteiger partial charge in [0.2, 0.25) is 0 Å². The Morgan fingerprint density at radius 3 is 2.42 bits per heavy atom. The minimum absolute atomic E-state index is 0.111. The van der Waals surface area contributed by atoms with Crippen LogP contribution >= 0.6 is 11.8 Å². The van der Waals surface area contributed by atoms with E-state index < -0.39 is 17.5 Å². The van der Waals surface area contributed by atoms with E-state index in [-0.39, 0.29) is 11.9 Å². The van der Waals surface area contributed by atoms with Crippen molar-refractivity contribution in [1.82, 2.24) is 0 Å². The predicted octanol–water partition coefficient (Wildman–Crippen LogP) is 2.10. The second-order valence-corrected chi connectivity index (χ2v) is 6.07. The molecule has 3 atom stereocenters. The van der Waals surface area contributed by atoms with Gasteiger partial charge in [-0.25, -0.2) is 0 Å². The Bertz CT molecular complexity index is 443. The van der Waals surface area contributed by atoms with E-state index in [0.29, 0.717) is 0 Å². The lowest BCUT2D eigenvalue weighted by atomic mass is 10.0. The van der Waals surface area contributed by atoms with Crippen LogP contribution in [-0.4, -0.2) is 35.6 Å². The summed E-state index contributed by atoms with van der Waals surface area (Å²) < 4.78 is 10.3. The molecule has 1 heterocycles. The zero-order chi connectivity index (χ0) is 14.0. The molecular weight excluding hydrogens is 264 g/mol. The lowest BCUT2D eigenvalue weighted by molar-refractivity contribution is -0.143. The molecule has 0 bridgehead atoms. The van der Waals surface area contributed by atoms with Gasteiger partial charge in [-0.15, -0.1) is 11.8 Å². The molecule has 0 saturated carbocycles. The van der Waals surface area contributed by atoms with Gasteiger partial charge in [-0.2, -0.15) is 0 Å². The van der Waals surface area contributed by atoms with Crippen LogP contribution in [0.2, 0.25) is 0 Å². The number of carbonyl (C=O) groups is 1. The largest absolute Gasteiger partial charge is 0.497 e. The average Bonchev–Trinajstić information content (AvgIpc) is 2.68. The highest BCUT2D eigenvalue weighted by Gasteiger charge is 2.45. The summed E-state index contributed by atoms with van der Waals surface area (Å²) in [6.45, 7) is 3.86. The summed E-state index contributed by atoms with van der Waals surface area (Å²) in [5.41, 5.74) is 0. The van der Waals surface area contributed by atoms with Crippen molar-refractivity contribution in [3.05, 3.63) is 24.3 Å². The first kappa shape index (κ1) is 14.2. The maximum atomic E-state index is 11.8. The molecule has 0 aliphatic carbocycles. The van der Waals surface area contributed by atoms with E-state index in [9.17, 15) is 9.90 Å². The summed E-state index contributed by atoms with van der Waals surface area (Å²) in [5, 5.41) is 9.61. The van der Waals surface area contributed by atoms with Crippen LogP contribution in [0, 0.1) is 5.92 Å². The van der Waals surface area contributed by atoms with Gasteiger partial charge >= 0.3 is 5.97 Å². The number of benzene rings is 1. The molecule has 0 unspecified atom stereocenters. The van der Waals surface area contributed by atoms with Gasteiger partial charge in [-0.1, -0.05) is 13.8 Å². The molecule has 1 aromatic rings. The lowest BCUT2D eigenvalue weighted by Gasteiger charge is -2.18. The van der Waals surface area contributed by atoms with E-state index >= 15 is 0 Å². The molecule has 1 fully saturated rings. The van der Waals surface area contributed by atoms with Crippen LogP contribution in [0.4, 0.5) is 0 Å². The molecule has 2 rings (SSSR count). The third kappa shape index (κ3) is 3.04. The van der Waals surface area contributed by atoms with Crippen LogP contribution in [0.1, 0.15) is 13.8 Å². The fourth-order valence-electron chi connectivity index (χ4n) is 2.03. The normalized spacial score (nSPS) is 26.6. The summed E-state index contributed by atoms with van der Waals surface area (Å²) in [4.78, 5) is 12.7. The first-order valence-corrected chi connectivity index (χ1v) is 7.10. The maximum Gasteiger partial charge on any atom is 0.322 e. The average molecular weight is 282 g/mol. The third-order valence-corrected chi connectivity index (χ3v) is 4.38. The monoisotopic (exact) mass is 282 g/mol. The van der Waals surface area contributed by atoms with Crippen molar-refractivity contribution < 1.29 is 19.4 Å². The molecule has 104 valence electrons. The highest BCUT2D eigenvalue weighted by Crippen LogP contribution is 2.35. The van der Waals surface area contributed by atoms with Gasteiger partial charge in [-0.05, 0) is 30.2 Å². The molecule has 0 amide bonds. The van der Waals surface area contributed by atoms with Crippen molar-refractivity contribution in [2.45, 2.75) is 36.2 Å². The molecule has 4 nitrogen and oxygen atoms in total. The van der Waals surface area contributed by atoms with Crippen molar-refractivity contribution in [2.24, 2.45) is 5.92 Å². The predicted molar refractivity (Wildman–Crippen MR) is 73.4 cm³/mol. The van der Waals surface area contributed by atoms with E-state index in [1.54, 1.807) is 7.11 Å². The van der Waals surface area contributed by atoms with Gasteiger partial charge in [0, 0.05) is 4.90 Å². The highest BCUT2D eigenvalue weighted by molar-refractivity contribution is 8.00. The molecular formula is C14H18O4S. The third-order valence-electron chi connectivity index (χ3n) is 3.11. The second kappa shape index (κ2) is 5.84. The number of rotatable bonds is 4. The molecule has 1 aromatic carbocycles. The SMILES string of the molecule is COc1ccc(S[C@@H]2C(=O)O[C@@H](C(C)C)[C@@H]2O)cc1. The van der Waals surface area contributed by atoms with E-state index in [1.165, 1.54) is 11.8 Å². The number of methoxy groups -OCH3 is 1. The van der Waals surface area contributed by atoms with Crippen molar-refractivity contribution in [2.75, 3.05) is 7.11 Å². The van der Waals surface area contributed by atoms with Crippen LogP contribution < -0.4 is 4.74 Å². The van der Waals surface area contributed by atoms with Crippen LogP contribution in [0.15, 0.2) is 29.2 Å². The summed E-state index contributed by atoms with van der Waals surface area (Å²) in [7, 11) is 1.60. The van der Waals surface area contributed by atoms with Crippen LogP contribution in [-0.2, 0) is 9.53 Å². The number of aliphatic hydroxyl groups excluding tert-OH is 1. The molecule has 19 heavy (non-hydrogen) atoms. The van der Waals surface area contributed by atoms with Crippen molar-refractivity contribution in [1.29, 1.82) is 0 Å². The van der Waals surface area contributed by atoms with Crippen molar-refractivity contribution >= 4 is 17.7 Å². The van der Waals surface area contributed by atoms with Crippen LogP contribution in [0.3, 0.4) is 0 Å². The number of aliphatic hydroxyl groups is 1. The Balaban J connectivity index is 2.07. The second-order valence-electron chi connectivity index (χ2n) is 4.85. The summed E-state index contributed by atoms with van der Waals surface area (Å²) in [5.74, 6) is 0.534. The van der Waals surface area contributed by atoms with Gasteiger partial charge in [0.05, 0.1) is 7.11 Å². The van der Waals surface area contributed by atoms with Gasteiger partial charge < -0.3 is 14.6 Å². The Morgan fingerprint density at radius 2 is 1.95 bits per heavy atom. The molecule has 1 aliphatic rings. The summed E-state index contributed by atoms with van der Waals surface area (Å²) in [6, 6.07) is 7.39. The number of ether oxygens (including phenoxy) is 2. The smallest absolute Gasteiger partial charge is 0.322 e. The van der Waals surface area contributed by atoms with E-state index in [0.717, 1.165) is 10.6 Å². The standard InChI is InChI=1S/C14H18O4S/c1-8(2)12-11(15)13(14(16)18-12)19-10-6-4-9(17-3)5-7-10/h4-8,11-13,15H,1-3H3/t11-,12-,13-/m0/s1. The molecule has 5 heteroatoms. The number of cyclic esters (lactones) is 1. The molecule has 1 N–H and O–H groups in total. The minimum Gasteiger partial charge on any atom is -0.497 e. The Kier molecular flexibility index (Phi) is 4.37. The first-order chi connectivity index (χ1) is 9.02. The fraction of sp³-hybridized carbons (Fsp3) is 0.500. The molecule has 0 aromatic heterocycles. The number of thioether (sulfide) groups is 1. The zero-order valence-corrected chi connectivity index (χ0v) is 12.0. The Labute approximate surface area is 117 Å². The van der Waals surface area contributed by atoms with Crippen LogP contribution in [0.25, 0.3) is 0 Å². The van der Waals surface area contributed by atoms with Gasteiger partial charge in [-0.3, -0.25) is 4.79 Å². The van der Waals surface area contributed by atoms with E-state index in [4.69, 9.17) is 9.47 Å². The lowest BCUT2D eigenvalue weighted by Crippen LogP contribution is -2.32. The van der Waals surface area contributed by atoms with Crippen molar-refractivity contribution in [3.8, 4) is 5.75 Å². The van der Waals surface area contributed by atoms with E-state index in [1.807, 2.05) is 38.1 Å². The Morgan fingerprint density at radius 1 is 1.32 bits per heavy atom. The number of hydrogen-bond donors (Lipinski definition) is 1. The number of carbonyl (C=O) groups excluding carboxylic acids is 1. The highest BCUT2D eigenvalue weighted by atomic mass is 32.2. The molecule has 1 saturated heterocycles. The fourth-order valence-corrected chi connectivity index (χ4v) is 3.06. The summed E-state index contributed by atoms with van der Waals surface area (Å²) in [6.07, 6.45) is -1.18. The summed E-state index contributed by atoms with van der Waals surface area (Å²) >= 11 is 1.33. The topological polar surface area (TPSA) is 55.8 Å². The molecule has 1 aliphatic heterocycles. The first-order valence-electron chi connectivity index (χ1n) is 6.22. The van der Waals surface area contributed by atoms with Crippen LogP contribution in [0.5, 0.6) is 5.75 Å². The molecule has 0 spiro atoms. The molecule has 0 radical (unpaired) electrons. The van der Waals surface area contributed by atoms with E-state index in [2.05, 4.69) is 0 Å². The minimum atomic E-state index is -0.764. The number of esters is 1. The quantitative estimate of drug-likeness (QED) is 0.857. The van der Waals surface area contributed by atoms with Gasteiger partial charge in [0.15, 0.2) is 0 Å². The zero-order valence-electron chi connectivity index (χ0n) is 11.2. The van der Waals surface area contributed by atoms with Gasteiger partial charge in [0.1, 0.15) is 23.2 Å².